The van der Waals surface area contributed by atoms with E-state index >= 15 is 0 Å². The van der Waals surface area contributed by atoms with E-state index in [4.69, 9.17) is 0 Å². The van der Waals surface area contributed by atoms with Crippen molar-refractivity contribution in [3.05, 3.63) is 158 Å². The molecule has 0 radical (unpaired) electrons. The maximum Gasteiger partial charge on any atom is 0.0741 e. The van der Waals surface area contributed by atoms with E-state index in [9.17, 15) is 0 Å². The number of benzene rings is 8. The van der Waals surface area contributed by atoms with Gasteiger partial charge in [0.05, 0.1) is 32.5 Å². The zero-order valence-electron chi connectivity index (χ0n) is 26.3. The molecule has 0 amide bonds. The normalized spacial score (nSPS) is 12.5. The Bertz CT molecular complexity index is 3180. The molecule has 11 aromatic rings. The Labute approximate surface area is 285 Å². The fraction of sp³-hybridized carbons (Fsp3) is 0. The van der Waals surface area contributed by atoms with E-state index in [0.717, 1.165) is 0 Å². The summed E-state index contributed by atoms with van der Waals surface area (Å²) in [5, 5.41) is 10.5. The molecule has 3 heterocycles. The molecule has 49 heavy (non-hydrogen) atoms. The highest BCUT2D eigenvalue weighted by atomic mass is 32.1. The zero-order chi connectivity index (χ0) is 31.8. The van der Waals surface area contributed by atoms with Crippen molar-refractivity contribution < 1.29 is 0 Å². The van der Waals surface area contributed by atoms with Gasteiger partial charge < -0.3 is 9.13 Å². The van der Waals surface area contributed by atoms with Gasteiger partial charge >= 0.3 is 0 Å². The second kappa shape index (κ2) is 9.25. The molecule has 8 aromatic carbocycles. The van der Waals surface area contributed by atoms with Crippen LogP contribution in [0.25, 0.3) is 108 Å². The lowest BCUT2D eigenvalue weighted by Crippen LogP contribution is -1.97. The van der Waals surface area contributed by atoms with Crippen LogP contribution in [0.1, 0.15) is 0 Å². The van der Waals surface area contributed by atoms with Crippen molar-refractivity contribution >= 4 is 85.9 Å². The Morgan fingerprint density at radius 1 is 0.347 bits per heavy atom. The summed E-state index contributed by atoms with van der Waals surface area (Å²) in [6.45, 7) is 0. The molecule has 0 atom stereocenters. The van der Waals surface area contributed by atoms with E-state index in [-0.39, 0.29) is 0 Å². The molecule has 2 nitrogen and oxygen atoms in total. The van der Waals surface area contributed by atoms with Gasteiger partial charge in [-0.25, -0.2) is 0 Å². The minimum Gasteiger partial charge on any atom is -0.309 e. The monoisotopic (exact) mass is 638 g/mol. The summed E-state index contributed by atoms with van der Waals surface area (Å²) in [6, 6.07) is 58.3. The van der Waals surface area contributed by atoms with Gasteiger partial charge in [-0.1, -0.05) is 121 Å². The summed E-state index contributed by atoms with van der Waals surface area (Å²) in [6.07, 6.45) is 0. The zero-order valence-corrected chi connectivity index (χ0v) is 27.1. The molecular weight excluding hydrogens is 613 g/mol. The predicted molar refractivity (Wildman–Crippen MR) is 210 cm³/mol. The third-order valence-corrected chi connectivity index (χ3v) is 12.0. The maximum atomic E-state index is 2.58. The summed E-state index contributed by atoms with van der Waals surface area (Å²) in [7, 11) is 0. The first-order valence-electron chi connectivity index (χ1n) is 16.9. The lowest BCUT2D eigenvalue weighted by atomic mass is 10.0. The Morgan fingerprint density at radius 2 is 0.939 bits per heavy atom. The van der Waals surface area contributed by atoms with Crippen molar-refractivity contribution in [1.82, 2.24) is 9.13 Å². The number of para-hydroxylation sites is 3. The maximum absolute atomic E-state index is 2.58. The molecule has 12 rings (SSSR count). The Balaban J connectivity index is 1.38. The van der Waals surface area contributed by atoms with Gasteiger partial charge in [-0.3, -0.25) is 0 Å². The summed E-state index contributed by atoms with van der Waals surface area (Å²) in [5.41, 5.74) is 12.7. The van der Waals surface area contributed by atoms with Crippen LogP contribution in [0.15, 0.2) is 158 Å². The number of aromatic nitrogens is 2. The minimum absolute atomic E-state index is 1.17. The van der Waals surface area contributed by atoms with Crippen LogP contribution in [0.3, 0.4) is 0 Å². The lowest BCUT2D eigenvalue weighted by molar-refractivity contribution is 1.18. The van der Waals surface area contributed by atoms with Gasteiger partial charge in [-0.15, -0.1) is 11.3 Å². The highest BCUT2D eigenvalue weighted by molar-refractivity contribution is 7.27. The van der Waals surface area contributed by atoms with Gasteiger partial charge in [0.2, 0.25) is 0 Å². The van der Waals surface area contributed by atoms with Crippen LogP contribution in [0, 0.1) is 0 Å². The van der Waals surface area contributed by atoms with Crippen LogP contribution in [-0.2, 0) is 0 Å². The van der Waals surface area contributed by atoms with Gasteiger partial charge in [0, 0.05) is 48.1 Å². The molecule has 0 saturated carbocycles. The molecule has 0 unspecified atom stereocenters. The predicted octanol–water partition coefficient (Wildman–Crippen LogP) is 13.0. The molecule has 0 bridgehead atoms. The van der Waals surface area contributed by atoms with Crippen LogP contribution in [0.4, 0.5) is 0 Å². The minimum atomic E-state index is 1.17. The summed E-state index contributed by atoms with van der Waals surface area (Å²) in [5.74, 6) is 0. The van der Waals surface area contributed by atoms with Crippen LogP contribution >= 0.6 is 11.3 Å². The van der Waals surface area contributed by atoms with Crippen molar-refractivity contribution in [3.63, 3.8) is 0 Å². The molecule has 226 valence electrons. The van der Waals surface area contributed by atoms with E-state index in [1.54, 1.807) is 0 Å². The molecule has 3 aromatic heterocycles. The highest BCUT2D eigenvalue weighted by Gasteiger charge is 2.28. The molecule has 1 aliphatic rings. The molecule has 0 spiro atoms. The standard InChI is InChI=1S/C46H26N2S/c1-2-13-27(14-3-1)47-36-22-9-6-17-33(36)41-42-35-19-8-11-24-39(35)49-46(42)45-43(44(41)47)34-18-7-10-23-37(34)48(45)38-26-25-31-29-16-5-4-15-28(29)30-20-12-21-32(38)40(30)31/h1-26H. The second-order valence-electron chi connectivity index (χ2n) is 13.2. The number of hydrogen-bond donors (Lipinski definition) is 0. The van der Waals surface area contributed by atoms with Crippen molar-refractivity contribution in [1.29, 1.82) is 0 Å². The molecule has 0 N–H and O–H groups in total. The van der Waals surface area contributed by atoms with Gasteiger partial charge in [0.1, 0.15) is 0 Å². The van der Waals surface area contributed by atoms with Gasteiger partial charge in [-0.2, -0.15) is 0 Å². The number of fused-ring (bicyclic) bond motifs is 15. The van der Waals surface area contributed by atoms with Gasteiger partial charge in [0.25, 0.3) is 0 Å². The summed E-state index contributed by atoms with van der Waals surface area (Å²) >= 11 is 1.93. The molecule has 0 aliphatic heterocycles. The average molecular weight is 639 g/mol. The number of nitrogens with zero attached hydrogens (tertiary/aromatic N) is 2. The molecular formula is C46H26N2S. The Hall–Kier alpha value is -6.16. The largest absolute Gasteiger partial charge is 0.309 e. The smallest absolute Gasteiger partial charge is 0.0741 e. The third-order valence-electron chi connectivity index (χ3n) is 10.8. The molecule has 0 saturated heterocycles. The summed E-state index contributed by atoms with van der Waals surface area (Å²) in [4.78, 5) is 0. The van der Waals surface area contributed by atoms with Crippen LogP contribution in [0.5, 0.6) is 0 Å². The van der Waals surface area contributed by atoms with E-state index in [1.165, 1.54) is 108 Å². The van der Waals surface area contributed by atoms with Gasteiger partial charge in [0.15, 0.2) is 0 Å². The quantitative estimate of drug-likeness (QED) is 0.178. The lowest BCUT2D eigenvalue weighted by Gasteiger charge is -2.14. The van der Waals surface area contributed by atoms with Crippen molar-refractivity contribution in [2.24, 2.45) is 0 Å². The topological polar surface area (TPSA) is 9.86 Å². The molecule has 0 fully saturated rings. The number of hydrogen-bond acceptors (Lipinski definition) is 1. The van der Waals surface area contributed by atoms with E-state index < -0.39 is 0 Å². The number of rotatable bonds is 2. The van der Waals surface area contributed by atoms with Gasteiger partial charge in [-0.05, 0) is 64.0 Å². The van der Waals surface area contributed by atoms with E-state index in [2.05, 4.69) is 167 Å². The first-order valence-corrected chi connectivity index (χ1v) is 17.7. The first-order chi connectivity index (χ1) is 24.4. The Kier molecular flexibility index (Phi) is 4.89. The number of thiophene rings is 1. The average Bonchev–Trinajstić information content (AvgIpc) is 3.90. The van der Waals surface area contributed by atoms with Crippen molar-refractivity contribution in [2.45, 2.75) is 0 Å². The van der Waals surface area contributed by atoms with Crippen LogP contribution in [-0.4, -0.2) is 9.13 Å². The van der Waals surface area contributed by atoms with E-state index in [0.29, 0.717) is 0 Å². The van der Waals surface area contributed by atoms with Crippen LogP contribution in [0.2, 0.25) is 0 Å². The SMILES string of the molecule is c1ccc(-n2c3ccccc3c3c4c5ccccc5sc4c4c(c5ccccc5n4-c4ccc5c6c(cccc46)-c4ccccc4-5)c32)cc1. The molecule has 3 heteroatoms. The second-order valence-corrected chi connectivity index (χ2v) is 14.2. The van der Waals surface area contributed by atoms with Crippen molar-refractivity contribution in [3.8, 4) is 33.6 Å². The first kappa shape index (κ1) is 25.9. The fourth-order valence-corrected chi connectivity index (χ4v) is 10.2. The van der Waals surface area contributed by atoms with Crippen LogP contribution < -0.4 is 0 Å². The van der Waals surface area contributed by atoms with Crippen molar-refractivity contribution in [2.75, 3.05) is 0 Å². The fourth-order valence-electron chi connectivity index (χ4n) is 8.97. The highest BCUT2D eigenvalue weighted by Crippen LogP contribution is 2.53. The Morgan fingerprint density at radius 3 is 1.73 bits per heavy atom. The third kappa shape index (κ3) is 3.17. The van der Waals surface area contributed by atoms with E-state index in [1.807, 2.05) is 11.3 Å². The summed E-state index contributed by atoms with van der Waals surface area (Å²) < 4.78 is 7.75. The molecule has 1 aliphatic carbocycles.